The lowest BCUT2D eigenvalue weighted by atomic mass is 10.1. The SMILES string of the molecule is C=C1CCC(C(=C)N)C1. The molecule has 9 heavy (non-hydrogen) atoms. The highest BCUT2D eigenvalue weighted by Crippen LogP contribution is 2.31. The van der Waals surface area contributed by atoms with Crippen LogP contribution < -0.4 is 5.73 Å². The Balaban J connectivity index is 2.48. The summed E-state index contributed by atoms with van der Waals surface area (Å²) in [6.45, 7) is 7.60. The van der Waals surface area contributed by atoms with Crippen LogP contribution in [0.5, 0.6) is 0 Å². The number of rotatable bonds is 1. The van der Waals surface area contributed by atoms with Gasteiger partial charge >= 0.3 is 0 Å². The Hall–Kier alpha value is -0.720. The van der Waals surface area contributed by atoms with E-state index in [4.69, 9.17) is 5.73 Å². The van der Waals surface area contributed by atoms with Crippen molar-refractivity contribution in [3.63, 3.8) is 0 Å². The first kappa shape index (κ1) is 6.40. The average Bonchev–Trinajstić information content (AvgIpc) is 2.14. The van der Waals surface area contributed by atoms with Crippen molar-refractivity contribution in [2.24, 2.45) is 11.7 Å². The summed E-state index contributed by atoms with van der Waals surface area (Å²) in [5.41, 5.74) is 7.68. The van der Waals surface area contributed by atoms with Crippen molar-refractivity contribution in [2.45, 2.75) is 19.3 Å². The van der Waals surface area contributed by atoms with Gasteiger partial charge in [0, 0.05) is 11.6 Å². The maximum Gasteiger partial charge on any atom is 0.00423 e. The fourth-order valence-corrected chi connectivity index (χ4v) is 1.25. The highest BCUT2D eigenvalue weighted by Gasteiger charge is 2.18. The molecule has 0 aromatic heterocycles. The monoisotopic (exact) mass is 123 g/mol. The van der Waals surface area contributed by atoms with E-state index < -0.39 is 0 Å². The van der Waals surface area contributed by atoms with Crippen molar-refractivity contribution in [2.75, 3.05) is 0 Å². The van der Waals surface area contributed by atoms with Gasteiger partial charge in [-0.3, -0.25) is 0 Å². The quantitative estimate of drug-likeness (QED) is 0.529. The zero-order valence-corrected chi connectivity index (χ0v) is 5.69. The number of hydrogen-bond donors (Lipinski definition) is 1. The molecule has 1 unspecified atom stereocenters. The number of allylic oxidation sites excluding steroid dienone is 2. The van der Waals surface area contributed by atoms with E-state index in [0.29, 0.717) is 5.92 Å². The van der Waals surface area contributed by atoms with Crippen LogP contribution in [0.2, 0.25) is 0 Å². The average molecular weight is 123 g/mol. The van der Waals surface area contributed by atoms with Crippen molar-refractivity contribution in [1.29, 1.82) is 0 Å². The Morgan fingerprint density at radius 2 is 2.33 bits per heavy atom. The third-order valence-corrected chi connectivity index (χ3v) is 1.91. The van der Waals surface area contributed by atoms with E-state index >= 15 is 0 Å². The summed E-state index contributed by atoms with van der Waals surface area (Å²) < 4.78 is 0. The molecule has 1 saturated carbocycles. The Labute approximate surface area is 56.2 Å². The first-order chi connectivity index (χ1) is 4.20. The van der Waals surface area contributed by atoms with E-state index in [9.17, 15) is 0 Å². The van der Waals surface area contributed by atoms with Crippen molar-refractivity contribution < 1.29 is 0 Å². The Morgan fingerprint density at radius 1 is 1.67 bits per heavy atom. The van der Waals surface area contributed by atoms with Gasteiger partial charge in [-0.2, -0.15) is 0 Å². The topological polar surface area (TPSA) is 26.0 Å². The fourth-order valence-electron chi connectivity index (χ4n) is 1.25. The first-order valence-electron chi connectivity index (χ1n) is 3.31. The van der Waals surface area contributed by atoms with Crippen LogP contribution in [0.3, 0.4) is 0 Å². The van der Waals surface area contributed by atoms with Crippen LogP contribution in [0.4, 0.5) is 0 Å². The predicted molar refractivity (Wildman–Crippen MR) is 39.8 cm³/mol. The summed E-state index contributed by atoms with van der Waals surface area (Å²) >= 11 is 0. The molecule has 1 atom stereocenters. The molecule has 0 radical (unpaired) electrons. The predicted octanol–water partition coefficient (Wildman–Crippen LogP) is 1.82. The minimum atomic E-state index is 0.525. The van der Waals surface area contributed by atoms with Gasteiger partial charge in [0.25, 0.3) is 0 Å². The van der Waals surface area contributed by atoms with E-state index in [-0.39, 0.29) is 0 Å². The maximum atomic E-state index is 5.52. The molecular weight excluding hydrogens is 110 g/mol. The Morgan fingerprint density at radius 3 is 2.56 bits per heavy atom. The summed E-state index contributed by atoms with van der Waals surface area (Å²) in [4.78, 5) is 0. The number of nitrogens with two attached hydrogens (primary N) is 1. The van der Waals surface area contributed by atoms with Crippen LogP contribution >= 0.6 is 0 Å². The second-order valence-corrected chi connectivity index (χ2v) is 2.76. The van der Waals surface area contributed by atoms with Gasteiger partial charge in [-0.05, 0) is 19.3 Å². The molecule has 1 nitrogen and oxygen atoms in total. The molecule has 0 bridgehead atoms. The van der Waals surface area contributed by atoms with Crippen molar-refractivity contribution in [3.05, 3.63) is 24.4 Å². The van der Waals surface area contributed by atoms with Gasteiger partial charge in [-0.15, -0.1) is 0 Å². The number of hydrogen-bond acceptors (Lipinski definition) is 1. The summed E-state index contributed by atoms with van der Waals surface area (Å²) in [5, 5.41) is 0. The third kappa shape index (κ3) is 1.35. The molecule has 1 fully saturated rings. The molecule has 0 amide bonds. The molecular formula is C8H13N. The molecule has 1 rings (SSSR count). The highest BCUT2D eigenvalue weighted by molar-refractivity contribution is 5.10. The van der Waals surface area contributed by atoms with E-state index in [0.717, 1.165) is 25.0 Å². The first-order valence-corrected chi connectivity index (χ1v) is 3.31. The Kier molecular flexibility index (Phi) is 1.60. The van der Waals surface area contributed by atoms with Gasteiger partial charge in [-0.25, -0.2) is 0 Å². The van der Waals surface area contributed by atoms with E-state index in [2.05, 4.69) is 13.2 Å². The van der Waals surface area contributed by atoms with Crippen LogP contribution in [-0.2, 0) is 0 Å². The van der Waals surface area contributed by atoms with E-state index in [1.54, 1.807) is 0 Å². The van der Waals surface area contributed by atoms with Crippen LogP contribution in [0.1, 0.15) is 19.3 Å². The smallest absolute Gasteiger partial charge is 0.00423 e. The van der Waals surface area contributed by atoms with Gasteiger partial charge in [0.15, 0.2) is 0 Å². The Bertz CT molecular complexity index is 147. The summed E-state index contributed by atoms with van der Waals surface area (Å²) in [6.07, 6.45) is 3.37. The van der Waals surface area contributed by atoms with Crippen molar-refractivity contribution in [3.8, 4) is 0 Å². The van der Waals surface area contributed by atoms with E-state index in [1.165, 1.54) is 5.57 Å². The molecule has 0 aromatic carbocycles. The highest BCUT2D eigenvalue weighted by atomic mass is 14.6. The molecule has 0 spiro atoms. The lowest BCUT2D eigenvalue weighted by Crippen LogP contribution is -2.05. The molecule has 0 aromatic rings. The minimum absolute atomic E-state index is 0.525. The summed E-state index contributed by atoms with van der Waals surface area (Å²) in [5.74, 6) is 0.525. The van der Waals surface area contributed by atoms with Gasteiger partial charge in [-0.1, -0.05) is 18.7 Å². The molecule has 50 valence electrons. The summed E-state index contributed by atoms with van der Waals surface area (Å²) in [7, 11) is 0. The fraction of sp³-hybridized carbons (Fsp3) is 0.500. The van der Waals surface area contributed by atoms with Crippen LogP contribution in [-0.4, -0.2) is 0 Å². The molecule has 0 saturated heterocycles. The zero-order valence-electron chi connectivity index (χ0n) is 5.69. The van der Waals surface area contributed by atoms with Crippen molar-refractivity contribution >= 4 is 0 Å². The van der Waals surface area contributed by atoms with E-state index in [1.807, 2.05) is 0 Å². The van der Waals surface area contributed by atoms with Crippen LogP contribution in [0.25, 0.3) is 0 Å². The lowest BCUT2D eigenvalue weighted by Gasteiger charge is -2.05. The van der Waals surface area contributed by atoms with Gasteiger partial charge in [0.2, 0.25) is 0 Å². The van der Waals surface area contributed by atoms with Crippen LogP contribution in [0.15, 0.2) is 24.4 Å². The summed E-state index contributed by atoms with van der Waals surface area (Å²) in [6, 6.07) is 0. The molecule has 0 heterocycles. The lowest BCUT2D eigenvalue weighted by molar-refractivity contribution is 0.645. The normalized spacial score (nSPS) is 26.7. The van der Waals surface area contributed by atoms with Gasteiger partial charge in [0.05, 0.1) is 0 Å². The largest absolute Gasteiger partial charge is 0.402 e. The van der Waals surface area contributed by atoms with Gasteiger partial charge in [0.1, 0.15) is 0 Å². The molecule has 1 aliphatic rings. The molecule has 2 N–H and O–H groups in total. The van der Waals surface area contributed by atoms with Crippen molar-refractivity contribution in [1.82, 2.24) is 0 Å². The second-order valence-electron chi connectivity index (χ2n) is 2.76. The zero-order chi connectivity index (χ0) is 6.85. The molecule has 0 aliphatic heterocycles. The third-order valence-electron chi connectivity index (χ3n) is 1.91. The standard InChI is InChI=1S/C8H13N/c1-6-3-4-8(5-6)7(2)9/h8H,1-5,9H2. The second kappa shape index (κ2) is 2.26. The maximum absolute atomic E-state index is 5.52. The molecule has 1 heteroatoms. The molecule has 1 aliphatic carbocycles. The minimum Gasteiger partial charge on any atom is -0.402 e. The van der Waals surface area contributed by atoms with Crippen LogP contribution in [0, 0.1) is 5.92 Å². The van der Waals surface area contributed by atoms with Gasteiger partial charge < -0.3 is 5.73 Å².